The van der Waals surface area contributed by atoms with Crippen molar-refractivity contribution in [1.29, 1.82) is 0 Å². The molecule has 0 saturated carbocycles. The summed E-state index contributed by atoms with van der Waals surface area (Å²) in [5.74, 6) is 0.992. The van der Waals surface area contributed by atoms with Crippen molar-refractivity contribution in [2.75, 3.05) is 33.2 Å². The van der Waals surface area contributed by atoms with Crippen LogP contribution in [0.5, 0.6) is 0 Å². The monoisotopic (exact) mass is 399 g/mol. The van der Waals surface area contributed by atoms with Crippen molar-refractivity contribution >= 4 is 22.4 Å². The highest BCUT2D eigenvalue weighted by Crippen LogP contribution is 2.23. The number of hydrogen-bond donors (Lipinski definition) is 2. The topological polar surface area (TPSA) is 100 Å². The van der Waals surface area contributed by atoms with E-state index in [4.69, 9.17) is 4.52 Å². The first kappa shape index (κ1) is 20.5. The second kappa shape index (κ2) is 8.74. The SMILES string of the molecule is C=CCNS(=O)(=O)c1ccc(-c2nc(C3CNCCN3C)no2)cc1.Cl. The van der Waals surface area contributed by atoms with Crippen LogP contribution in [-0.4, -0.2) is 56.7 Å². The van der Waals surface area contributed by atoms with E-state index in [0.29, 0.717) is 17.3 Å². The maximum atomic E-state index is 12.1. The number of aromatic nitrogens is 2. The molecule has 0 amide bonds. The predicted molar refractivity (Wildman–Crippen MR) is 101 cm³/mol. The van der Waals surface area contributed by atoms with Gasteiger partial charge in [0.1, 0.15) is 0 Å². The minimum atomic E-state index is -3.54. The fourth-order valence-corrected chi connectivity index (χ4v) is 3.61. The molecule has 10 heteroatoms. The molecule has 1 aromatic heterocycles. The molecule has 0 aliphatic carbocycles. The lowest BCUT2D eigenvalue weighted by atomic mass is 10.2. The van der Waals surface area contributed by atoms with E-state index >= 15 is 0 Å². The molecule has 142 valence electrons. The summed E-state index contributed by atoms with van der Waals surface area (Å²) in [6, 6.07) is 6.40. The fraction of sp³-hybridized carbons (Fsp3) is 0.375. The van der Waals surface area contributed by atoms with Crippen molar-refractivity contribution in [1.82, 2.24) is 25.1 Å². The number of piperazine rings is 1. The number of likely N-dealkylation sites (N-methyl/N-ethyl adjacent to an activating group) is 1. The van der Waals surface area contributed by atoms with E-state index < -0.39 is 10.0 Å². The molecule has 2 heterocycles. The maximum absolute atomic E-state index is 12.1. The molecule has 8 nitrogen and oxygen atoms in total. The van der Waals surface area contributed by atoms with E-state index in [0.717, 1.165) is 19.6 Å². The van der Waals surface area contributed by atoms with Crippen molar-refractivity contribution in [3.8, 4) is 11.5 Å². The van der Waals surface area contributed by atoms with E-state index in [9.17, 15) is 8.42 Å². The third-order valence-corrected chi connectivity index (χ3v) is 5.52. The number of sulfonamides is 1. The van der Waals surface area contributed by atoms with Gasteiger partial charge < -0.3 is 9.84 Å². The Morgan fingerprint density at radius 1 is 1.42 bits per heavy atom. The number of halogens is 1. The zero-order valence-electron chi connectivity index (χ0n) is 14.4. The Labute approximate surface area is 159 Å². The highest BCUT2D eigenvalue weighted by Gasteiger charge is 2.25. The molecule has 2 N–H and O–H groups in total. The summed E-state index contributed by atoms with van der Waals surface area (Å²) in [6.07, 6.45) is 1.49. The van der Waals surface area contributed by atoms with E-state index in [-0.39, 0.29) is 29.9 Å². The first-order valence-corrected chi connectivity index (χ1v) is 9.45. The van der Waals surface area contributed by atoms with Crippen molar-refractivity contribution in [3.05, 3.63) is 42.7 Å². The third-order valence-electron chi connectivity index (χ3n) is 4.08. The summed E-state index contributed by atoms with van der Waals surface area (Å²) in [5, 5.41) is 7.38. The molecule has 1 fully saturated rings. The largest absolute Gasteiger partial charge is 0.334 e. The average molecular weight is 400 g/mol. The highest BCUT2D eigenvalue weighted by molar-refractivity contribution is 7.89. The molecule has 1 unspecified atom stereocenters. The van der Waals surface area contributed by atoms with Crippen LogP contribution in [-0.2, 0) is 10.0 Å². The number of benzene rings is 1. The molecule has 1 aliphatic heterocycles. The minimum Gasteiger partial charge on any atom is -0.334 e. The molecule has 0 radical (unpaired) electrons. The lowest BCUT2D eigenvalue weighted by molar-refractivity contribution is 0.190. The zero-order valence-corrected chi connectivity index (χ0v) is 16.0. The fourth-order valence-electron chi connectivity index (χ4n) is 2.61. The van der Waals surface area contributed by atoms with Crippen LogP contribution in [0.2, 0.25) is 0 Å². The standard InChI is InChI=1S/C16H21N5O3S.ClH/c1-3-8-18-25(22,23)13-6-4-12(5-7-13)16-19-15(20-24-16)14-11-17-9-10-21(14)2;/h3-7,14,17-18H,1,8-11H2,2H3;1H. The number of nitrogens with zero attached hydrogens (tertiary/aromatic N) is 3. The summed E-state index contributed by atoms with van der Waals surface area (Å²) < 4.78 is 31.9. The second-order valence-electron chi connectivity index (χ2n) is 5.82. The summed E-state index contributed by atoms with van der Waals surface area (Å²) >= 11 is 0. The van der Waals surface area contributed by atoms with Crippen LogP contribution >= 0.6 is 12.4 Å². The van der Waals surface area contributed by atoms with E-state index in [1.807, 2.05) is 7.05 Å². The zero-order chi connectivity index (χ0) is 17.9. The van der Waals surface area contributed by atoms with Gasteiger partial charge in [-0.2, -0.15) is 4.98 Å². The van der Waals surface area contributed by atoms with Gasteiger partial charge in [0.2, 0.25) is 10.0 Å². The van der Waals surface area contributed by atoms with Crippen LogP contribution < -0.4 is 10.0 Å². The minimum absolute atomic E-state index is 0. The summed E-state index contributed by atoms with van der Waals surface area (Å²) in [6.45, 7) is 6.29. The first-order valence-electron chi connectivity index (χ1n) is 7.97. The highest BCUT2D eigenvalue weighted by atomic mass is 35.5. The predicted octanol–water partition coefficient (Wildman–Crippen LogP) is 1.20. The molecule has 2 aromatic rings. The summed E-state index contributed by atoms with van der Waals surface area (Å²) in [7, 11) is -1.52. The van der Waals surface area contributed by atoms with Gasteiger partial charge in [0.05, 0.1) is 10.9 Å². The molecule has 26 heavy (non-hydrogen) atoms. The summed E-state index contributed by atoms with van der Waals surface area (Å²) in [4.78, 5) is 6.81. The van der Waals surface area contributed by atoms with Crippen molar-refractivity contribution in [2.24, 2.45) is 0 Å². The Morgan fingerprint density at radius 2 is 2.15 bits per heavy atom. The van der Waals surface area contributed by atoms with Gasteiger partial charge in [-0.1, -0.05) is 11.2 Å². The Morgan fingerprint density at radius 3 is 2.81 bits per heavy atom. The maximum Gasteiger partial charge on any atom is 0.257 e. The lowest BCUT2D eigenvalue weighted by Crippen LogP contribution is -2.44. The number of hydrogen-bond acceptors (Lipinski definition) is 7. The van der Waals surface area contributed by atoms with Crippen LogP contribution in [0.3, 0.4) is 0 Å². The number of nitrogens with one attached hydrogen (secondary N) is 2. The molecule has 0 spiro atoms. The molecule has 3 rings (SSSR count). The normalized spacial score (nSPS) is 18.3. The van der Waals surface area contributed by atoms with Crippen LogP contribution in [0.1, 0.15) is 11.9 Å². The smallest absolute Gasteiger partial charge is 0.257 e. The third kappa shape index (κ3) is 4.49. The molecule has 0 bridgehead atoms. The average Bonchev–Trinajstić information content (AvgIpc) is 3.10. The quantitative estimate of drug-likeness (QED) is 0.704. The molecular formula is C16H22ClN5O3S. The molecule has 1 aromatic carbocycles. The van der Waals surface area contributed by atoms with Crippen LogP contribution in [0, 0.1) is 0 Å². The van der Waals surface area contributed by atoms with Gasteiger partial charge in [-0.3, -0.25) is 4.90 Å². The number of rotatable bonds is 6. The molecule has 1 saturated heterocycles. The Kier molecular flexibility index (Phi) is 6.90. The van der Waals surface area contributed by atoms with Crippen LogP contribution in [0.4, 0.5) is 0 Å². The van der Waals surface area contributed by atoms with Gasteiger partial charge in [-0.05, 0) is 31.3 Å². The first-order chi connectivity index (χ1) is 12.0. The summed E-state index contributed by atoms with van der Waals surface area (Å²) in [5.41, 5.74) is 0.674. The van der Waals surface area contributed by atoms with Gasteiger partial charge in [0.25, 0.3) is 5.89 Å². The lowest BCUT2D eigenvalue weighted by Gasteiger charge is -2.30. The van der Waals surface area contributed by atoms with Crippen LogP contribution in [0.25, 0.3) is 11.5 Å². The van der Waals surface area contributed by atoms with Gasteiger partial charge in [0.15, 0.2) is 5.82 Å². The Balaban J connectivity index is 0.00000243. The van der Waals surface area contributed by atoms with Gasteiger partial charge in [0, 0.05) is 31.7 Å². The van der Waals surface area contributed by atoms with Gasteiger partial charge >= 0.3 is 0 Å². The van der Waals surface area contributed by atoms with E-state index in [2.05, 4.69) is 31.7 Å². The molecule has 1 atom stereocenters. The van der Waals surface area contributed by atoms with Gasteiger partial charge in [-0.25, -0.2) is 13.1 Å². The van der Waals surface area contributed by atoms with Crippen molar-refractivity contribution < 1.29 is 12.9 Å². The molecular weight excluding hydrogens is 378 g/mol. The Hall–Kier alpha value is -1.78. The molecule has 1 aliphatic rings. The van der Waals surface area contributed by atoms with E-state index in [1.54, 1.807) is 12.1 Å². The van der Waals surface area contributed by atoms with Gasteiger partial charge in [-0.15, -0.1) is 19.0 Å². The second-order valence-corrected chi connectivity index (χ2v) is 7.59. The van der Waals surface area contributed by atoms with Crippen molar-refractivity contribution in [3.63, 3.8) is 0 Å². The Bertz CT molecular complexity index is 838. The van der Waals surface area contributed by atoms with E-state index in [1.165, 1.54) is 18.2 Å². The van der Waals surface area contributed by atoms with Crippen molar-refractivity contribution in [2.45, 2.75) is 10.9 Å². The van der Waals surface area contributed by atoms with Crippen LogP contribution in [0.15, 0.2) is 46.3 Å².